The van der Waals surface area contributed by atoms with Crippen LogP contribution in [0.5, 0.6) is 0 Å². The van der Waals surface area contributed by atoms with E-state index in [1.165, 1.54) is 5.06 Å². The van der Waals surface area contributed by atoms with Gasteiger partial charge in [-0.05, 0) is 43.2 Å². The van der Waals surface area contributed by atoms with Gasteiger partial charge in [-0.25, -0.2) is 10.3 Å². The van der Waals surface area contributed by atoms with E-state index in [0.29, 0.717) is 45.6 Å². The largest absolute Gasteiger partial charge is 0.527 e. The third-order valence-corrected chi connectivity index (χ3v) is 6.82. The fraction of sp³-hybridized carbons (Fsp3) is 0.609. The quantitative estimate of drug-likeness (QED) is 0.376. The molecule has 1 aromatic rings. The predicted octanol–water partition coefficient (Wildman–Crippen LogP) is 1.79. The number of piperidine rings is 1. The van der Waals surface area contributed by atoms with Crippen molar-refractivity contribution in [2.24, 2.45) is 11.3 Å². The average Bonchev–Trinajstić information content (AvgIpc) is 3.60. The van der Waals surface area contributed by atoms with Gasteiger partial charge >= 0.3 is 6.16 Å². The Kier molecular flexibility index (Phi) is 7.04. The Balaban J connectivity index is 1.49. The lowest BCUT2D eigenvalue weighted by atomic mass is 9.81. The first-order valence-corrected chi connectivity index (χ1v) is 11.6. The molecule has 2 amide bonds. The van der Waals surface area contributed by atoms with Crippen molar-refractivity contribution in [3.63, 3.8) is 0 Å². The molecule has 1 aromatic carbocycles. The topological polar surface area (TPSA) is 112 Å². The van der Waals surface area contributed by atoms with Crippen LogP contribution in [0.3, 0.4) is 0 Å². The Morgan fingerprint density at radius 3 is 2.42 bits per heavy atom. The smallest absolute Gasteiger partial charge is 0.433 e. The molecule has 10 heteroatoms. The summed E-state index contributed by atoms with van der Waals surface area (Å²) >= 11 is 0. The van der Waals surface area contributed by atoms with Crippen LogP contribution in [0.4, 0.5) is 10.5 Å². The van der Waals surface area contributed by atoms with Crippen molar-refractivity contribution in [2.45, 2.75) is 38.6 Å². The van der Waals surface area contributed by atoms with Gasteiger partial charge in [0.2, 0.25) is 11.8 Å². The predicted molar refractivity (Wildman–Crippen MR) is 118 cm³/mol. The monoisotopic (exact) mass is 460 g/mol. The zero-order chi connectivity index (χ0) is 23.4. The van der Waals surface area contributed by atoms with Gasteiger partial charge in [0, 0.05) is 38.4 Å². The van der Waals surface area contributed by atoms with Gasteiger partial charge in [0.15, 0.2) is 0 Å². The molecule has 2 unspecified atom stereocenters. The maximum absolute atomic E-state index is 13.6. The number of hydrogen-bond donors (Lipinski definition) is 2. The Morgan fingerprint density at radius 1 is 1.12 bits per heavy atom. The Labute approximate surface area is 193 Å². The van der Waals surface area contributed by atoms with E-state index in [0.717, 1.165) is 18.5 Å². The third-order valence-electron chi connectivity index (χ3n) is 6.82. The lowest BCUT2D eigenvalue weighted by Crippen LogP contribution is -2.62. The molecule has 180 valence electrons. The number of para-hydroxylation sites is 1. The summed E-state index contributed by atoms with van der Waals surface area (Å²) in [5, 5.41) is 10.7. The molecule has 2 saturated heterocycles. The van der Waals surface area contributed by atoms with Gasteiger partial charge in [0.25, 0.3) is 0 Å². The third kappa shape index (κ3) is 5.22. The number of rotatable bonds is 6. The van der Waals surface area contributed by atoms with Crippen LogP contribution < -0.4 is 10.4 Å². The first-order valence-electron chi connectivity index (χ1n) is 11.6. The summed E-state index contributed by atoms with van der Waals surface area (Å²) in [5.74, 6) is -1.75. The normalized spacial score (nSPS) is 24.3. The molecule has 4 rings (SSSR count). The molecule has 2 atom stereocenters. The molecule has 1 spiro atoms. The number of hydrogen-bond acceptors (Lipinski definition) is 8. The van der Waals surface area contributed by atoms with Crippen LogP contribution in [-0.4, -0.2) is 78.5 Å². The van der Waals surface area contributed by atoms with Gasteiger partial charge in [0.1, 0.15) is 6.04 Å². The lowest BCUT2D eigenvalue weighted by Gasteiger charge is -2.44. The first kappa shape index (κ1) is 23.3. The molecule has 0 radical (unpaired) electrons. The summed E-state index contributed by atoms with van der Waals surface area (Å²) in [5.41, 5.74) is 2.62. The minimum absolute atomic E-state index is 0.189. The van der Waals surface area contributed by atoms with Gasteiger partial charge < -0.3 is 19.4 Å². The molecule has 2 heterocycles. The fourth-order valence-corrected chi connectivity index (χ4v) is 4.83. The molecule has 3 fully saturated rings. The second-order valence-corrected chi connectivity index (χ2v) is 9.14. The molecular weight excluding hydrogens is 428 g/mol. The highest BCUT2D eigenvalue weighted by atomic mass is 16.8. The van der Waals surface area contributed by atoms with Crippen LogP contribution in [0.25, 0.3) is 0 Å². The summed E-state index contributed by atoms with van der Waals surface area (Å²) < 4.78 is 5.06. The molecule has 0 bridgehead atoms. The molecule has 10 nitrogen and oxygen atoms in total. The van der Waals surface area contributed by atoms with E-state index < -0.39 is 24.0 Å². The average molecular weight is 461 g/mol. The van der Waals surface area contributed by atoms with Crippen molar-refractivity contribution < 1.29 is 29.2 Å². The zero-order valence-corrected chi connectivity index (χ0v) is 18.9. The zero-order valence-electron chi connectivity index (χ0n) is 18.9. The standard InChI is InChI=1S/C23H32N4O6/c1-2-14-32-22(30)33-27-16-23(8-9-23)15-18(20(28)24-31)19(27)21(29)26-12-10-25(11-13-26)17-6-4-3-5-7-17/h3-7,18-19,31H,2,8-16H2,1H3,(H,24,28). The highest BCUT2D eigenvalue weighted by Gasteiger charge is 2.57. The van der Waals surface area contributed by atoms with Crippen molar-refractivity contribution in [3.05, 3.63) is 30.3 Å². The highest BCUT2D eigenvalue weighted by molar-refractivity contribution is 5.90. The summed E-state index contributed by atoms with van der Waals surface area (Å²) in [4.78, 5) is 47.8. The van der Waals surface area contributed by atoms with Crippen molar-refractivity contribution in [1.82, 2.24) is 15.4 Å². The molecule has 1 saturated carbocycles. The van der Waals surface area contributed by atoms with Crippen LogP contribution >= 0.6 is 0 Å². The number of hydroxylamine groups is 3. The first-order chi connectivity index (χ1) is 16.0. The van der Waals surface area contributed by atoms with Gasteiger partial charge in [0.05, 0.1) is 12.5 Å². The molecule has 0 aromatic heterocycles. The number of benzene rings is 1. The van der Waals surface area contributed by atoms with Gasteiger partial charge in [-0.1, -0.05) is 25.1 Å². The van der Waals surface area contributed by atoms with Crippen LogP contribution in [0, 0.1) is 11.3 Å². The SMILES string of the molecule is CCCOC(=O)ON1CC2(CC2)CC(C(=O)NO)C1C(=O)N1CCN(c2ccccc2)CC1. The van der Waals surface area contributed by atoms with Crippen LogP contribution in [0.15, 0.2) is 30.3 Å². The maximum atomic E-state index is 13.6. The number of anilines is 1. The number of ether oxygens (including phenoxy) is 1. The summed E-state index contributed by atoms with van der Waals surface area (Å²) in [6.07, 6.45) is 1.97. The molecule has 33 heavy (non-hydrogen) atoms. The molecule has 3 aliphatic rings. The number of amides is 2. The van der Waals surface area contributed by atoms with E-state index in [-0.39, 0.29) is 17.9 Å². The Hall–Kier alpha value is -2.85. The van der Waals surface area contributed by atoms with Crippen molar-refractivity contribution in [1.29, 1.82) is 0 Å². The number of carbonyl (C=O) groups excluding carboxylic acids is 3. The Bertz CT molecular complexity index is 854. The number of nitrogens with one attached hydrogen (secondary N) is 1. The van der Waals surface area contributed by atoms with Crippen LogP contribution in [-0.2, 0) is 19.2 Å². The molecule has 1 aliphatic carbocycles. The van der Waals surface area contributed by atoms with E-state index in [1.807, 2.05) is 37.3 Å². The molecular formula is C23H32N4O6. The van der Waals surface area contributed by atoms with Crippen LogP contribution in [0.1, 0.15) is 32.6 Å². The van der Waals surface area contributed by atoms with E-state index in [4.69, 9.17) is 9.57 Å². The van der Waals surface area contributed by atoms with Crippen LogP contribution in [0.2, 0.25) is 0 Å². The minimum atomic E-state index is -1.01. The second kappa shape index (κ2) is 9.96. The van der Waals surface area contributed by atoms with Crippen molar-refractivity contribution in [3.8, 4) is 0 Å². The van der Waals surface area contributed by atoms with Gasteiger partial charge in [-0.3, -0.25) is 14.8 Å². The van der Waals surface area contributed by atoms with Crippen molar-refractivity contribution >= 4 is 23.7 Å². The van der Waals surface area contributed by atoms with E-state index in [2.05, 4.69) is 4.90 Å². The van der Waals surface area contributed by atoms with Gasteiger partial charge in [-0.15, -0.1) is 5.06 Å². The summed E-state index contributed by atoms with van der Waals surface area (Å²) in [6.45, 7) is 4.72. The molecule has 2 aliphatic heterocycles. The Morgan fingerprint density at radius 2 is 1.82 bits per heavy atom. The maximum Gasteiger partial charge on any atom is 0.527 e. The second-order valence-electron chi connectivity index (χ2n) is 9.14. The fourth-order valence-electron chi connectivity index (χ4n) is 4.83. The minimum Gasteiger partial charge on any atom is -0.433 e. The van der Waals surface area contributed by atoms with E-state index in [1.54, 1.807) is 10.4 Å². The molecule has 2 N–H and O–H groups in total. The number of carbonyl (C=O) groups is 3. The number of nitrogens with zero attached hydrogens (tertiary/aromatic N) is 3. The lowest BCUT2D eigenvalue weighted by molar-refractivity contribution is -0.205. The van der Waals surface area contributed by atoms with Gasteiger partial charge in [-0.2, -0.15) is 0 Å². The highest BCUT2D eigenvalue weighted by Crippen LogP contribution is 2.55. The van der Waals surface area contributed by atoms with E-state index in [9.17, 15) is 19.6 Å². The summed E-state index contributed by atoms with van der Waals surface area (Å²) in [6, 6.07) is 8.98. The number of piperazine rings is 1. The van der Waals surface area contributed by atoms with E-state index >= 15 is 0 Å². The van der Waals surface area contributed by atoms with Crippen molar-refractivity contribution in [2.75, 3.05) is 44.2 Å². The summed E-state index contributed by atoms with van der Waals surface area (Å²) in [7, 11) is 0.